The van der Waals surface area contributed by atoms with E-state index >= 15 is 0 Å². The van der Waals surface area contributed by atoms with E-state index in [1.165, 1.54) is 13.0 Å². The van der Waals surface area contributed by atoms with Gasteiger partial charge in [0.2, 0.25) is 0 Å². The summed E-state index contributed by atoms with van der Waals surface area (Å²) >= 11 is 11.9. The molecule has 0 spiro atoms. The Morgan fingerprint density at radius 1 is 1.21 bits per heavy atom. The Bertz CT molecular complexity index is 1240. The van der Waals surface area contributed by atoms with E-state index in [-0.39, 0.29) is 0 Å². The van der Waals surface area contributed by atoms with Crippen LogP contribution in [0.2, 0.25) is 10.0 Å². The van der Waals surface area contributed by atoms with Gasteiger partial charge in [0, 0.05) is 26.2 Å². The maximum Gasteiger partial charge on any atom is 0.476 e. The summed E-state index contributed by atoms with van der Waals surface area (Å²) in [5.74, 6) is -2.30. The van der Waals surface area contributed by atoms with Crippen LogP contribution in [0, 0.1) is 23.2 Å². The van der Waals surface area contributed by atoms with E-state index in [2.05, 4.69) is 5.10 Å². The second kappa shape index (κ2) is 12.1. The van der Waals surface area contributed by atoms with Crippen LogP contribution in [0.5, 0.6) is 0 Å². The summed E-state index contributed by atoms with van der Waals surface area (Å²) in [7, 11) is -3.09. The topological polar surface area (TPSA) is 129 Å². The Kier molecular flexibility index (Phi) is 10.1. The first-order valence-corrected chi connectivity index (χ1v) is 12.1. The van der Waals surface area contributed by atoms with E-state index in [9.17, 15) is 50.8 Å². The van der Waals surface area contributed by atoms with Gasteiger partial charge in [-0.25, -0.2) is 13.7 Å². The molecule has 2 N–H and O–H groups in total. The van der Waals surface area contributed by atoms with Gasteiger partial charge in [-0.15, -0.1) is 0 Å². The summed E-state index contributed by atoms with van der Waals surface area (Å²) in [6.07, 6.45) is -6.27. The van der Waals surface area contributed by atoms with Gasteiger partial charge in [0.1, 0.15) is 16.7 Å². The number of alkyl halides is 6. The Hall–Kier alpha value is -2.58. The molecule has 1 amide bonds. The van der Waals surface area contributed by atoms with Crippen molar-refractivity contribution in [1.29, 1.82) is 5.26 Å². The number of rotatable bonds is 8. The number of amides is 1. The normalized spacial score (nSPS) is 13.8. The lowest BCUT2D eigenvalue weighted by atomic mass is 9.97. The number of anilines is 1. The van der Waals surface area contributed by atoms with Gasteiger partial charge in [-0.1, -0.05) is 30.1 Å². The van der Waals surface area contributed by atoms with Crippen molar-refractivity contribution in [3.05, 3.63) is 33.4 Å². The summed E-state index contributed by atoms with van der Waals surface area (Å²) in [5, 5.41) is 29.9. The SMILES string of the molecule is CC(COC(=O)N(C)c1c(S(=O)C(F)(F)F)c(C#N)nn1-c1c(Cl)cc(C(F)(F)F)cc1Cl)C(CO)CO. The van der Waals surface area contributed by atoms with Gasteiger partial charge in [0.25, 0.3) is 0 Å². The van der Waals surface area contributed by atoms with Crippen LogP contribution in [0.15, 0.2) is 17.0 Å². The van der Waals surface area contributed by atoms with E-state index in [1.807, 2.05) is 0 Å². The molecule has 0 radical (unpaired) electrons. The van der Waals surface area contributed by atoms with E-state index in [0.717, 1.165) is 7.05 Å². The maximum absolute atomic E-state index is 13.5. The lowest BCUT2D eigenvalue weighted by Gasteiger charge is -2.24. The second-order valence-electron chi connectivity index (χ2n) is 7.76. The van der Waals surface area contributed by atoms with Gasteiger partial charge < -0.3 is 14.9 Å². The highest BCUT2D eigenvalue weighted by Gasteiger charge is 2.45. The number of halogens is 8. The smallest absolute Gasteiger partial charge is 0.449 e. The summed E-state index contributed by atoms with van der Waals surface area (Å²) < 4.78 is 97.7. The quantitative estimate of drug-likeness (QED) is 0.421. The number of carbonyl (C=O) groups is 1. The lowest BCUT2D eigenvalue weighted by Crippen LogP contribution is -2.33. The van der Waals surface area contributed by atoms with E-state index < -0.39 is 97.9 Å². The van der Waals surface area contributed by atoms with Crippen molar-refractivity contribution in [2.45, 2.75) is 23.5 Å². The van der Waals surface area contributed by atoms with E-state index in [4.69, 9.17) is 27.9 Å². The Labute approximate surface area is 223 Å². The minimum atomic E-state index is -5.45. The third kappa shape index (κ3) is 6.70. The monoisotopic (exact) mass is 610 g/mol. The molecule has 0 saturated heterocycles. The summed E-state index contributed by atoms with van der Waals surface area (Å²) in [6, 6.07) is 2.09. The van der Waals surface area contributed by atoms with Crippen molar-refractivity contribution in [1.82, 2.24) is 9.78 Å². The first-order valence-electron chi connectivity index (χ1n) is 10.2. The molecule has 1 heterocycles. The number of aliphatic hydroxyl groups is 2. The molecule has 210 valence electrons. The van der Waals surface area contributed by atoms with Crippen molar-refractivity contribution in [2.24, 2.45) is 11.8 Å². The van der Waals surface area contributed by atoms with Gasteiger partial charge in [0.05, 0.1) is 22.2 Å². The van der Waals surface area contributed by atoms with E-state index in [0.29, 0.717) is 21.7 Å². The summed E-state index contributed by atoms with van der Waals surface area (Å²) in [4.78, 5) is 11.9. The van der Waals surface area contributed by atoms with Gasteiger partial charge in [-0.3, -0.25) is 4.90 Å². The number of ether oxygens (including phenoxy) is 1. The number of aliphatic hydroxyl groups excluding tert-OH is 2. The first kappa shape index (κ1) is 31.6. The van der Waals surface area contributed by atoms with Crippen molar-refractivity contribution >= 4 is 45.9 Å². The number of hydrogen-bond acceptors (Lipinski definition) is 7. The average Bonchev–Trinajstić information content (AvgIpc) is 3.19. The zero-order chi connectivity index (χ0) is 29.2. The van der Waals surface area contributed by atoms with Gasteiger partial charge >= 0.3 is 17.8 Å². The molecular weight excluding hydrogens is 593 g/mol. The molecule has 0 bridgehead atoms. The number of nitriles is 1. The molecule has 2 rings (SSSR count). The molecule has 2 atom stereocenters. The third-order valence-electron chi connectivity index (χ3n) is 5.21. The fourth-order valence-corrected chi connectivity index (χ4v) is 4.61. The van der Waals surface area contributed by atoms with Gasteiger partial charge in [-0.05, 0) is 18.1 Å². The highest BCUT2D eigenvalue weighted by atomic mass is 35.5. The predicted octanol–water partition coefficient (Wildman–Crippen LogP) is 4.51. The van der Waals surface area contributed by atoms with Gasteiger partial charge in [0.15, 0.2) is 22.3 Å². The zero-order valence-electron chi connectivity index (χ0n) is 19.3. The molecule has 2 unspecified atom stereocenters. The minimum absolute atomic E-state index is 0.386. The fraction of sp³-hybridized carbons (Fsp3) is 0.450. The third-order valence-corrected chi connectivity index (χ3v) is 6.95. The van der Waals surface area contributed by atoms with Crippen molar-refractivity contribution < 1.29 is 50.3 Å². The van der Waals surface area contributed by atoms with Crippen LogP contribution in [0.3, 0.4) is 0 Å². The number of carbonyl (C=O) groups excluding carboxylic acids is 1. The molecule has 0 fully saturated rings. The van der Waals surface area contributed by atoms with Crippen LogP contribution in [0.25, 0.3) is 5.69 Å². The van der Waals surface area contributed by atoms with Crippen LogP contribution < -0.4 is 4.90 Å². The van der Waals surface area contributed by atoms with E-state index in [1.54, 1.807) is 0 Å². The molecule has 0 saturated carbocycles. The highest BCUT2D eigenvalue weighted by Crippen LogP contribution is 2.42. The molecule has 0 aliphatic heterocycles. The minimum Gasteiger partial charge on any atom is -0.449 e. The van der Waals surface area contributed by atoms with Crippen LogP contribution in [-0.2, 0) is 21.7 Å². The maximum atomic E-state index is 13.5. The summed E-state index contributed by atoms with van der Waals surface area (Å²) in [6.45, 7) is 0.119. The Morgan fingerprint density at radius 3 is 2.16 bits per heavy atom. The molecule has 18 heteroatoms. The zero-order valence-corrected chi connectivity index (χ0v) is 21.6. The largest absolute Gasteiger partial charge is 0.476 e. The molecule has 1 aromatic heterocycles. The van der Waals surface area contributed by atoms with Crippen molar-refractivity contribution in [2.75, 3.05) is 31.8 Å². The van der Waals surface area contributed by atoms with Crippen molar-refractivity contribution in [3.63, 3.8) is 0 Å². The Morgan fingerprint density at radius 2 is 1.74 bits per heavy atom. The number of hydrogen-bond donors (Lipinski definition) is 2. The molecule has 0 aliphatic rings. The molecule has 38 heavy (non-hydrogen) atoms. The molecule has 0 aliphatic carbocycles. The van der Waals surface area contributed by atoms with Crippen LogP contribution in [0.4, 0.5) is 37.0 Å². The predicted molar refractivity (Wildman–Crippen MR) is 122 cm³/mol. The number of aromatic nitrogens is 2. The molecule has 1 aromatic carbocycles. The van der Waals surface area contributed by atoms with Crippen molar-refractivity contribution in [3.8, 4) is 11.8 Å². The van der Waals surface area contributed by atoms with Crippen LogP contribution in [-0.4, -0.2) is 62.7 Å². The lowest BCUT2D eigenvalue weighted by molar-refractivity contribution is -0.137. The standard InChI is InChI=1S/C20H18Cl2F6N4O5S/c1-9(10(6-33)7-34)8-37-18(35)31(2)17-16(38(36)20(26,27)28)14(5-29)30-32(17)15-12(21)3-11(4-13(15)22)19(23,24)25/h3-4,9-10,33-34H,6-8H2,1-2H3. The molecule has 2 aromatic rings. The van der Waals surface area contributed by atoms with Gasteiger partial charge in [-0.2, -0.15) is 36.7 Å². The second-order valence-corrected chi connectivity index (χ2v) is 9.99. The molecular formula is C20H18Cl2F6N4O5S. The summed E-state index contributed by atoms with van der Waals surface area (Å²) in [5.41, 5.74) is -8.49. The average molecular weight is 611 g/mol. The fourth-order valence-electron chi connectivity index (χ4n) is 3.08. The highest BCUT2D eigenvalue weighted by molar-refractivity contribution is 7.86. The Balaban J connectivity index is 2.74. The first-order chi connectivity index (χ1) is 17.5. The van der Waals surface area contributed by atoms with Crippen LogP contribution >= 0.6 is 23.2 Å². The number of benzene rings is 1. The van der Waals surface area contributed by atoms with Crippen LogP contribution in [0.1, 0.15) is 18.2 Å². The molecule has 9 nitrogen and oxygen atoms in total. The number of nitrogens with zero attached hydrogens (tertiary/aromatic N) is 4.